The first-order valence-electron chi connectivity index (χ1n) is 10.6. The maximum atomic E-state index is 13.0. The van der Waals surface area contributed by atoms with Gasteiger partial charge in [-0.3, -0.25) is 9.59 Å². The summed E-state index contributed by atoms with van der Waals surface area (Å²) in [5.41, 5.74) is 3.56. The lowest BCUT2D eigenvalue weighted by Crippen LogP contribution is -2.24. The van der Waals surface area contributed by atoms with Gasteiger partial charge in [0.1, 0.15) is 0 Å². The molecule has 0 aliphatic heterocycles. The van der Waals surface area contributed by atoms with Crippen LogP contribution in [0.4, 0.5) is 10.8 Å². The summed E-state index contributed by atoms with van der Waals surface area (Å²) in [4.78, 5) is 41.8. The molecule has 0 spiro atoms. The zero-order valence-electron chi connectivity index (χ0n) is 19.0. The Balaban J connectivity index is 1.66. The molecule has 0 fully saturated rings. The van der Waals surface area contributed by atoms with Crippen LogP contribution in [0, 0.1) is 13.8 Å². The van der Waals surface area contributed by atoms with Crippen molar-refractivity contribution in [3.8, 4) is 11.3 Å². The van der Waals surface area contributed by atoms with E-state index < -0.39 is 11.9 Å². The fourth-order valence-corrected chi connectivity index (χ4v) is 4.93. The molecular formula is C25H25N3O4S2. The molecule has 3 N–H and O–H groups in total. The Labute approximate surface area is 206 Å². The fourth-order valence-electron chi connectivity index (χ4n) is 3.08. The number of thioether (sulfide) groups is 1. The lowest BCUT2D eigenvalue weighted by Gasteiger charge is -2.14. The second-order valence-corrected chi connectivity index (χ2v) is 9.96. The van der Waals surface area contributed by atoms with E-state index in [1.54, 1.807) is 18.2 Å². The number of aryl methyl sites for hydroxylation is 2. The molecule has 9 heteroatoms. The van der Waals surface area contributed by atoms with Gasteiger partial charge in [0.05, 0.1) is 10.9 Å². The molecule has 0 saturated heterocycles. The zero-order valence-corrected chi connectivity index (χ0v) is 20.6. The number of carbonyl (C=O) groups excluding carboxylic acids is 2. The molecule has 0 aliphatic rings. The van der Waals surface area contributed by atoms with Crippen molar-refractivity contribution in [2.24, 2.45) is 0 Å². The number of carbonyl (C=O) groups is 3. The minimum absolute atomic E-state index is 0.143. The van der Waals surface area contributed by atoms with E-state index in [1.165, 1.54) is 28.7 Å². The van der Waals surface area contributed by atoms with Crippen molar-refractivity contribution in [1.82, 2.24) is 4.98 Å². The summed E-state index contributed by atoms with van der Waals surface area (Å²) in [6, 6.07) is 15.2. The summed E-state index contributed by atoms with van der Waals surface area (Å²) in [6.07, 6.45) is 2.32. The molecule has 0 bridgehead atoms. The molecule has 34 heavy (non-hydrogen) atoms. The van der Waals surface area contributed by atoms with Crippen LogP contribution in [0.2, 0.25) is 0 Å². The van der Waals surface area contributed by atoms with Crippen LogP contribution >= 0.6 is 23.1 Å². The normalized spacial score (nSPS) is 11.9. The second kappa shape index (κ2) is 11.6. The van der Waals surface area contributed by atoms with Crippen LogP contribution < -0.4 is 10.6 Å². The highest BCUT2D eigenvalue weighted by Gasteiger charge is 2.20. The third-order valence-corrected chi connectivity index (χ3v) is 7.02. The third kappa shape index (κ3) is 7.03. The molecule has 3 aromatic rings. The number of nitrogens with one attached hydrogen (secondary N) is 2. The number of thiazole rings is 1. The number of benzene rings is 2. The van der Waals surface area contributed by atoms with Crippen LogP contribution in [0.3, 0.4) is 0 Å². The van der Waals surface area contributed by atoms with E-state index in [4.69, 9.17) is 5.11 Å². The maximum absolute atomic E-state index is 13.0. The maximum Gasteiger partial charge on any atom is 0.328 e. The number of hydrogen-bond acceptors (Lipinski definition) is 6. The summed E-state index contributed by atoms with van der Waals surface area (Å²) < 4.78 is 0. The van der Waals surface area contributed by atoms with Gasteiger partial charge >= 0.3 is 5.97 Å². The smallest absolute Gasteiger partial charge is 0.328 e. The van der Waals surface area contributed by atoms with Gasteiger partial charge in [0.15, 0.2) is 5.13 Å². The standard InChI is InChI=1S/C25H25N3O4S2/c1-4-20(34-19-7-5-6-18(14-19)26-21(29)12-13-22(30)31)24(32)28-25-27-23(16(3)33-25)17-10-8-15(2)9-11-17/h5-14,20H,4H2,1-3H3,(H,26,29)(H,30,31)(H,27,28,32)/b13-12+. The van der Waals surface area contributed by atoms with Crippen molar-refractivity contribution in [3.63, 3.8) is 0 Å². The summed E-state index contributed by atoms with van der Waals surface area (Å²) in [6.45, 7) is 5.95. The minimum atomic E-state index is -1.20. The Morgan fingerprint density at radius 3 is 2.50 bits per heavy atom. The fraction of sp³-hybridized carbons (Fsp3) is 0.200. The summed E-state index contributed by atoms with van der Waals surface area (Å²) in [7, 11) is 0. The van der Waals surface area contributed by atoms with E-state index in [2.05, 4.69) is 15.6 Å². The number of amides is 2. The molecule has 7 nitrogen and oxygen atoms in total. The first-order chi connectivity index (χ1) is 16.2. The van der Waals surface area contributed by atoms with Crippen LogP contribution in [0.1, 0.15) is 23.8 Å². The van der Waals surface area contributed by atoms with Gasteiger partial charge in [0, 0.05) is 33.2 Å². The Bertz CT molecular complexity index is 1220. The average Bonchev–Trinajstić information content (AvgIpc) is 3.16. The van der Waals surface area contributed by atoms with Crippen LogP contribution in [0.25, 0.3) is 11.3 Å². The predicted octanol–water partition coefficient (Wildman–Crippen LogP) is 5.52. The number of carboxylic acids is 1. The van der Waals surface area contributed by atoms with E-state index >= 15 is 0 Å². The Morgan fingerprint density at radius 2 is 1.82 bits per heavy atom. The lowest BCUT2D eigenvalue weighted by atomic mass is 10.1. The quantitative estimate of drug-likeness (QED) is 0.267. The monoisotopic (exact) mass is 495 g/mol. The van der Waals surface area contributed by atoms with Crippen LogP contribution in [0.5, 0.6) is 0 Å². The van der Waals surface area contributed by atoms with Gasteiger partial charge in [-0.15, -0.1) is 23.1 Å². The molecule has 0 radical (unpaired) electrons. The first kappa shape index (κ1) is 25.2. The molecule has 1 atom stereocenters. The largest absolute Gasteiger partial charge is 0.478 e. The molecule has 1 aromatic heterocycles. The Hall–Kier alpha value is -3.43. The topological polar surface area (TPSA) is 108 Å². The van der Waals surface area contributed by atoms with Crippen LogP contribution in [0.15, 0.2) is 65.6 Å². The number of hydrogen-bond donors (Lipinski definition) is 3. The SMILES string of the molecule is CCC(Sc1cccc(NC(=O)/C=C/C(=O)O)c1)C(=O)Nc1nc(-c2ccc(C)cc2)c(C)s1. The average molecular weight is 496 g/mol. The van der Waals surface area contributed by atoms with Crippen molar-refractivity contribution in [3.05, 3.63) is 71.1 Å². The molecule has 0 aliphatic carbocycles. The van der Waals surface area contributed by atoms with E-state index in [9.17, 15) is 14.4 Å². The molecule has 1 heterocycles. The predicted molar refractivity (Wildman–Crippen MR) is 137 cm³/mol. The highest BCUT2D eigenvalue weighted by molar-refractivity contribution is 8.00. The van der Waals surface area contributed by atoms with Gasteiger partial charge in [-0.2, -0.15) is 0 Å². The van der Waals surface area contributed by atoms with Crippen molar-refractivity contribution in [2.45, 2.75) is 37.3 Å². The molecule has 3 rings (SSSR count). The van der Waals surface area contributed by atoms with Gasteiger partial charge in [0.2, 0.25) is 11.8 Å². The minimum Gasteiger partial charge on any atom is -0.478 e. The highest BCUT2D eigenvalue weighted by Crippen LogP contribution is 2.32. The highest BCUT2D eigenvalue weighted by atomic mass is 32.2. The number of nitrogens with zero attached hydrogens (tertiary/aromatic N) is 1. The van der Waals surface area contributed by atoms with Gasteiger partial charge < -0.3 is 15.7 Å². The number of anilines is 2. The second-order valence-electron chi connectivity index (χ2n) is 7.48. The Morgan fingerprint density at radius 1 is 1.09 bits per heavy atom. The Kier molecular flexibility index (Phi) is 8.61. The lowest BCUT2D eigenvalue weighted by molar-refractivity contribution is -0.131. The van der Waals surface area contributed by atoms with Crippen LogP contribution in [-0.4, -0.2) is 33.1 Å². The van der Waals surface area contributed by atoms with Crippen LogP contribution in [-0.2, 0) is 14.4 Å². The molecule has 2 amide bonds. The molecule has 1 unspecified atom stereocenters. The number of aliphatic carboxylic acids is 1. The molecular weight excluding hydrogens is 470 g/mol. The van der Waals surface area contributed by atoms with E-state index in [-0.39, 0.29) is 11.2 Å². The number of aromatic nitrogens is 1. The summed E-state index contributed by atoms with van der Waals surface area (Å²) >= 11 is 2.83. The van der Waals surface area contributed by atoms with E-state index in [1.807, 2.05) is 51.1 Å². The van der Waals surface area contributed by atoms with Gasteiger partial charge in [-0.05, 0) is 38.5 Å². The van der Waals surface area contributed by atoms with E-state index in [0.717, 1.165) is 33.2 Å². The van der Waals surface area contributed by atoms with Gasteiger partial charge in [-0.25, -0.2) is 9.78 Å². The third-order valence-electron chi connectivity index (χ3n) is 4.77. The summed E-state index contributed by atoms with van der Waals surface area (Å²) in [5.74, 6) is -1.88. The number of rotatable bonds is 9. The zero-order chi connectivity index (χ0) is 24.7. The number of carboxylic acid groups (broad SMARTS) is 1. The van der Waals surface area contributed by atoms with E-state index in [0.29, 0.717) is 17.2 Å². The molecule has 176 valence electrons. The van der Waals surface area contributed by atoms with Crippen molar-refractivity contribution >= 4 is 51.7 Å². The molecule has 2 aromatic carbocycles. The van der Waals surface area contributed by atoms with Gasteiger partial charge in [0.25, 0.3) is 0 Å². The van der Waals surface area contributed by atoms with Gasteiger partial charge in [-0.1, -0.05) is 42.8 Å². The van der Waals surface area contributed by atoms with Crippen molar-refractivity contribution in [2.75, 3.05) is 10.6 Å². The van der Waals surface area contributed by atoms with Crippen molar-refractivity contribution < 1.29 is 19.5 Å². The first-order valence-corrected chi connectivity index (χ1v) is 12.3. The molecule has 0 saturated carbocycles. The van der Waals surface area contributed by atoms with Crippen molar-refractivity contribution in [1.29, 1.82) is 0 Å². The summed E-state index contributed by atoms with van der Waals surface area (Å²) in [5, 5.41) is 14.4.